The summed E-state index contributed by atoms with van der Waals surface area (Å²) in [4.78, 5) is 23.8. The van der Waals surface area contributed by atoms with Gasteiger partial charge in [-0.25, -0.2) is 9.97 Å². The minimum atomic E-state index is -0.444. The Morgan fingerprint density at radius 3 is 2.55 bits per heavy atom. The van der Waals surface area contributed by atoms with Crippen LogP contribution in [0.25, 0.3) is 0 Å². The molecule has 2 aromatic rings. The molecule has 0 spiro atoms. The molecule has 1 amide bonds. The van der Waals surface area contributed by atoms with Gasteiger partial charge in [0.25, 0.3) is 5.91 Å². The van der Waals surface area contributed by atoms with E-state index in [4.69, 9.17) is 5.73 Å². The largest absolute Gasteiger partial charge is 0.366 e. The van der Waals surface area contributed by atoms with Crippen LogP contribution in [0.5, 0.6) is 0 Å². The topological polar surface area (TPSA) is 93.2 Å². The molecule has 0 radical (unpaired) electrons. The Balaban J connectivity index is 1.53. The predicted octanol–water partition coefficient (Wildman–Crippen LogP) is -0.105. The second-order valence-electron chi connectivity index (χ2n) is 5.71. The summed E-state index contributed by atoms with van der Waals surface area (Å²) >= 11 is 0. The van der Waals surface area contributed by atoms with E-state index in [0.29, 0.717) is 11.5 Å². The molecule has 3 heterocycles. The van der Waals surface area contributed by atoms with Crippen molar-refractivity contribution in [1.29, 1.82) is 0 Å². The van der Waals surface area contributed by atoms with E-state index in [-0.39, 0.29) is 6.04 Å². The molecule has 0 atom stereocenters. The van der Waals surface area contributed by atoms with Gasteiger partial charge in [-0.15, -0.1) is 0 Å². The Morgan fingerprint density at radius 1 is 1.32 bits per heavy atom. The number of primary amides is 1. The third kappa shape index (κ3) is 2.91. The van der Waals surface area contributed by atoms with E-state index < -0.39 is 5.91 Å². The highest BCUT2D eigenvalue weighted by Gasteiger charge is 2.29. The number of carbonyl (C=O) groups excluding carboxylic acids is 1. The van der Waals surface area contributed by atoms with Crippen molar-refractivity contribution >= 4 is 11.9 Å². The van der Waals surface area contributed by atoms with Gasteiger partial charge < -0.3 is 10.6 Å². The second kappa shape index (κ2) is 5.72. The molecule has 0 aliphatic carbocycles. The van der Waals surface area contributed by atoms with Gasteiger partial charge >= 0.3 is 0 Å². The third-order valence-electron chi connectivity index (χ3n) is 3.70. The first kappa shape index (κ1) is 14.5. The predicted molar refractivity (Wildman–Crippen MR) is 81.4 cm³/mol. The Hall–Kier alpha value is -2.48. The molecule has 2 N–H and O–H groups in total. The fourth-order valence-corrected chi connectivity index (χ4v) is 2.42. The number of rotatable bonds is 5. The van der Waals surface area contributed by atoms with Crippen molar-refractivity contribution < 1.29 is 4.79 Å². The summed E-state index contributed by atoms with van der Waals surface area (Å²) in [6, 6.07) is 0.287. The Morgan fingerprint density at radius 2 is 2.00 bits per heavy atom. The number of carbonyl (C=O) groups is 1. The number of nitrogens with zero attached hydrogens (tertiary/aromatic N) is 6. The van der Waals surface area contributed by atoms with Crippen LogP contribution < -0.4 is 10.6 Å². The quantitative estimate of drug-likeness (QED) is 0.828. The first-order valence-corrected chi connectivity index (χ1v) is 7.07. The number of likely N-dealkylation sites (tertiary alicyclic amines) is 1. The van der Waals surface area contributed by atoms with Crippen LogP contribution in [0.1, 0.15) is 22.0 Å². The lowest BCUT2D eigenvalue weighted by molar-refractivity contribution is 0.0904. The molecular formula is C14H19N7O. The first-order valence-electron chi connectivity index (χ1n) is 7.07. The van der Waals surface area contributed by atoms with Crippen LogP contribution in [0.4, 0.5) is 5.95 Å². The Labute approximate surface area is 128 Å². The monoisotopic (exact) mass is 301 g/mol. The average molecular weight is 301 g/mol. The van der Waals surface area contributed by atoms with Crippen LogP contribution in [-0.2, 0) is 6.54 Å². The van der Waals surface area contributed by atoms with Crippen LogP contribution in [0.2, 0.25) is 0 Å². The summed E-state index contributed by atoms with van der Waals surface area (Å²) < 4.78 is 1.81. The van der Waals surface area contributed by atoms with Crippen LogP contribution in [0.15, 0.2) is 24.8 Å². The molecule has 0 unspecified atom stereocenters. The summed E-state index contributed by atoms with van der Waals surface area (Å²) in [6.45, 7) is 2.58. The summed E-state index contributed by atoms with van der Waals surface area (Å²) in [6.07, 6.45) is 6.93. The zero-order valence-electron chi connectivity index (χ0n) is 12.7. The van der Waals surface area contributed by atoms with E-state index in [1.807, 2.05) is 36.1 Å². The lowest BCUT2D eigenvalue weighted by Crippen LogP contribution is -2.47. The molecule has 8 nitrogen and oxygen atoms in total. The summed E-state index contributed by atoms with van der Waals surface area (Å²) in [7, 11) is 3.83. The van der Waals surface area contributed by atoms with Crippen molar-refractivity contribution in [3.05, 3.63) is 35.9 Å². The minimum Gasteiger partial charge on any atom is -0.366 e. The zero-order chi connectivity index (χ0) is 15.7. The smallest absolute Gasteiger partial charge is 0.251 e. The first-order chi connectivity index (χ1) is 10.5. The number of hydrogen-bond donors (Lipinski definition) is 1. The summed E-state index contributed by atoms with van der Waals surface area (Å²) in [5.74, 6) is 0.265. The maximum Gasteiger partial charge on any atom is 0.251 e. The summed E-state index contributed by atoms with van der Waals surface area (Å²) in [5, 5.41) is 4.19. The van der Waals surface area contributed by atoms with E-state index in [1.165, 1.54) is 6.20 Å². The van der Waals surface area contributed by atoms with Gasteiger partial charge in [-0.3, -0.25) is 14.4 Å². The van der Waals surface area contributed by atoms with Crippen LogP contribution in [-0.4, -0.2) is 57.7 Å². The van der Waals surface area contributed by atoms with Crippen molar-refractivity contribution in [3.8, 4) is 0 Å². The van der Waals surface area contributed by atoms with Gasteiger partial charge in [-0.1, -0.05) is 0 Å². The summed E-state index contributed by atoms with van der Waals surface area (Å²) in [5.41, 5.74) is 6.77. The highest BCUT2D eigenvalue weighted by Crippen LogP contribution is 2.22. The number of nitrogens with two attached hydrogens (primary N) is 1. The van der Waals surface area contributed by atoms with Crippen molar-refractivity contribution in [2.24, 2.45) is 5.73 Å². The van der Waals surface area contributed by atoms with Crippen molar-refractivity contribution in [2.45, 2.75) is 12.6 Å². The van der Waals surface area contributed by atoms with Crippen LogP contribution >= 0.6 is 0 Å². The Kier molecular flexibility index (Phi) is 3.76. The van der Waals surface area contributed by atoms with E-state index in [0.717, 1.165) is 25.2 Å². The molecule has 1 aliphatic heterocycles. The second-order valence-corrected chi connectivity index (χ2v) is 5.71. The van der Waals surface area contributed by atoms with Gasteiger partial charge in [0.05, 0.1) is 17.8 Å². The standard InChI is InChI=1S/C14H19N7O/c1-19(2)14-16-3-10(4-17-14)6-20-8-12(9-20)21-7-11(5-18-21)13(15)22/h3-5,7,12H,6,8-9H2,1-2H3,(H2,15,22). The average Bonchev–Trinajstić information content (AvgIpc) is 2.92. The van der Waals surface area contributed by atoms with Gasteiger partial charge in [0.1, 0.15) is 0 Å². The number of aromatic nitrogens is 4. The molecule has 0 aromatic carbocycles. The molecule has 1 saturated heterocycles. The fourth-order valence-electron chi connectivity index (χ4n) is 2.42. The molecule has 1 aliphatic rings. The van der Waals surface area contributed by atoms with E-state index in [2.05, 4.69) is 20.0 Å². The van der Waals surface area contributed by atoms with E-state index in [9.17, 15) is 4.79 Å². The molecule has 116 valence electrons. The van der Waals surface area contributed by atoms with Crippen molar-refractivity contribution in [2.75, 3.05) is 32.1 Å². The number of anilines is 1. The lowest BCUT2D eigenvalue weighted by atomic mass is 10.1. The van der Waals surface area contributed by atoms with Gasteiger partial charge in [0.15, 0.2) is 0 Å². The van der Waals surface area contributed by atoms with Crippen LogP contribution in [0, 0.1) is 0 Å². The highest BCUT2D eigenvalue weighted by atomic mass is 16.1. The van der Waals surface area contributed by atoms with E-state index in [1.54, 1.807) is 6.20 Å². The zero-order valence-corrected chi connectivity index (χ0v) is 12.7. The molecule has 2 aromatic heterocycles. The van der Waals surface area contributed by atoms with E-state index >= 15 is 0 Å². The normalized spacial score (nSPS) is 15.5. The SMILES string of the molecule is CN(C)c1ncc(CN2CC(n3cc(C(N)=O)cn3)C2)cn1. The van der Waals surface area contributed by atoms with Gasteiger partial charge in [-0.05, 0) is 0 Å². The molecular weight excluding hydrogens is 282 g/mol. The lowest BCUT2D eigenvalue weighted by Gasteiger charge is -2.39. The number of hydrogen-bond acceptors (Lipinski definition) is 6. The third-order valence-corrected chi connectivity index (χ3v) is 3.70. The molecule has 0 saturated carbocycles. The molecule has 0 bridgehead atoms. The number of amides is 1. The Bertz CT molecular complexity index is 658. The molecule has 1 fully saturated rings. The van der Waals surface area contributed by atoms with Crippen molar-refractivity contribution in [1.82, 2.24) is 24.6 Å². The maximum absolute atomic E-state index is 11.1. The maximum atomic E-state index is 11.1. The molecule has 22 heavy (non-hydrogen) atoms. The minimum absolute atomic E-state index is 0.287. The molecule has 8 heteroatoms. The van der Waals surface area contributed by atoms with Gasteiger partial charge in [0.2, 0.25) is 5.95 Å². The molecule has 3 rings (SSSR count). The van der Waals surface area contributed by atoms with Gasteiger partial charge in [-0.2, -0.15) is 5.10 Å². The van der Waals surface area contributed by atoms with Gasteiger partial charge in [0, 0.05) is 57.9 Å². The fraction of sp³-hybridized carbons (Fsp3) is 0.429. The highest BCUT2D eigenvalue weighted by molar-refractivity contribution is 5.92. The van der Waals surface area contributed by atoms with Crippen LogP contribution in [0.3, 0.4) is 0 Å². The van der Waals surface area contributed by atoms with Crippen molar-refractivity contribution in [3.63, 3.8) is 0 Å².